The van der Waals surface area contributed by atoms with Gasteiger partial charge in [-0.3, -0.25) is 0 Å². The number of nitrogens with two attached hydrogens (primary N) is 1. The van der Waals surface area contributed by atoms with Crippen molar-refractivity contribution in [2.45, 2.75) is 57.6 Å². The maximum atomic E-state index is 6.47. The monoisotopic (exact) mass is 241 g/mol. The predicted molar refractivity (Wildman–Crippen MR) is 68.9 cm³/mol. The van der Waals surface area contributed by atoms with E-state index in [1.807, 2.05) is 0 Å². The van der Waals surface area contributed by atoms with Gasteiger partial charge in [-0.25, -0.2) is 0 Å². The van der Waals surface area contributed by atoms with Crippen molar-refractivity contribution >= 4 is 0 Å². The number of ether oxygens (including phenoxy) is 2. The van der Waals surface area contributed by atoms with Crippen LogP contribution < -0.4 is 5.73 Å². The van der Waals surface area contributed by atoms with E-state index < -0.39 is 0 Å². The van der Waals surface area contributed by atoms with Crippen LogP contribution in [0.3, 0.4) is 0 Å². The summed E-state index contributed by atoms with van der Waals surface area (Å²) in [5.41, 5.74) is 6.47. The molecule has 100 valence electrons. The molecule has 3 nitrogen and oxygen atoms in total. The second kappa shape index (κ2) is 5.68. The van der Waals surface area contributed by atoms with E-state index in [1.165, 1.54) is 12.8 Å². The van der Waals surface area contributed by atoms with Gasteiger partial charge in [-0.1, -0.05) is 26.7 Å². The third-order valence-electron chi connectivity index (χ3n) is 4.74. The summed E-state index contributed by atoms with van der Waals surface area (Å²) in [4.78, 5) is 0. The summed E-state index contributed by atoms with van der Waals surface area (Å²) in [5.74, 6) is 1.29. The zero-order chi connectivity index (χ0) is 12.3. The predicted octanol–water partition coefficient (Wildman–Crippen LogP) is 2.34. The lowest BCUT2D eigenvalue weighted by Gasteiger charge is -2.41. The van der Waals surface area contributed by atoms with Crippen molar-refractivity contribution in [1.82, 2.24) is 0 Å². The molecule has 0 radical (unpaired) electrons. The van der Waals surface area contributed by atoms with Crippen molar-refractivity contribution in [3.63, 3.8) is 0 Å². The topological polar surface area (TPSA) is 44.5 Å². The summed E-state index contributed by atoms with van der Waals surface area (Å²) >= 11 is 0. The van der Waals surface area contributed by atoms with E-state index in [2.05, 4.69) is 13.8 Å². The van der Waals surface area contributed by atoms with Crippen molar-refractivity contribution in [3.8, 4) is 0 Å². The van der Waals surface area contributed by atoms with Crippen LogP contribution in [0.15, 0.2) is 0 Å². The maximum Gasteiger partial charge on any atom is 0.0939 e. The second-order valence-electron chi connectivity index (χ2n) is 5.74. The zero-order valence-electron chi connectivity index (χ0n) is 11.3. The van der Waals surface area contributed by atoms with Crippen molar-refractivity contribution in [2.75, 3.05) is 19.8 Å². The number of hydrogen-bond donors (Lipinski definition) is 1. The van der Waals surface area contributed by atoms with Gasteiger partial charge in [-0.15, -0.1) is 0 Å². The van der Waals surface area contributed by atoms with Gasteiger partial charge in [0.15, 0.2) is 0 Å². The highest BCUT2D eigenvalue weighted by Gasteiger charge is 2.43. The average molecular weight is 241 g/mol. The molecular weight excluding hydrogens is 214 g/mol. The van der Waals surface area contributed by atoms with E-state index >= 15 is 0 Å². The number of hydrogen-bond acceptors (Lipinski definition) is 3. The Morgan fingerprint density at radius 3 is 2.65 bits per heavy atom. The largest absolute Gasteiger partial charge is 0.378 e. The van der Waals surface area contributed by atoms with Crippen LogP contribution in [-0.2, 0) is 9.47 Å². The van der Waals surface area contributed by atoms with Gasteiger partial charge in [0.2, 0.25) is 0 Å². The highest BCUT2D eigenvalue weighted by molar-refractivity contribution is 4.94. The third kappa shape index (κ3) is 2.83. The smallest absolute Gasteiger partial charge is 0.0939 e. The lowest BCUT2D eigenvalue weighted by Crippen LogP contribution is -2.48. The van der Waals surface area contributed by atoms with E-state index in [4.69, 9.17) is 15.2 Å². The van der Waals surface area contributed by atoms with Crippen LogP contribution >= 0.6 is 0 Å². The van der Waals surface area contributed by atoms with Gasteiger partial charge in [0, 0.05) is 25.7 Å². The lowest BCUT2D eigenvalue weighted by molar-refractivity contribution is -0.104. The summed E-state index contributed by atoms with van der Waals surface area (Å²) in [7, 11) is 0. The van der Waals surface area contributed by atoms with Gasteiger partial charge >= 0.3 is 0 Å². The van der Waals surface area contributed by atoms with Crippen LogP contribution in [0.2, 0.25) is 0 Å². The summed E-state index contributed by atoms with van der Waals surface area (Å²) in [6, 6.07) is 0.339. The molecule has 0 amide bonds. The molecule has 2 saturated heterocycles. The molecule has 2 fully saturated rings. The highest BCUT2D eigenvalue weighted by atomic mass is 16.6. The first kappa shape index (κ1) is 13.3. The Morgan fingerprint density at radius 2 is 2.06 bits per heavy atom. The van der Waals surface area contributed by atoms with E-state index in [0.717, 1.165) is 39.1 Å². The minimum Gasteiger partial charge on any atom is -0.378 e. The van der Waals surface area contributed by atoms with Crippen molar-refractivity contribution in [2.24, 2.45) is 17.6 Å². The molecule has 2 aliphatic rings. The Morgan fingerprint density at radius 1 is 1.29 bits per heavy atom. The fraction of sp³-hybridized carbons (Fsp3) is 1.00. The molecule has 17 heavy (non-hydrogen) atoms. The van der Waals surface area contributed by atoms with Crippen molar-refractivity contribution in [3.05, 3.63) is 0 Å². The minimum atomic E-state index is 0.00652. The van der Waals surface area contributed by atoms with Crippen LogP contribution in [0.1, 0.15) is 46.0 Å². The maximum absolute atomic E-state index is 6.47. The van der Waals surface area contributed by atoms with Crippen LogP contribution in [0.25, 0.3) is 0 Å². The zero-order valence-corrected chi connectivity index (χ0v) is 11.3. The van der Waals surface area contributed by atoms with Gasteiger partial charge < -0.3 is 15.2 Å². The molecule has 0 aromatic rings. The fourth-order valence-corrected chi connectivity index (χ4v) is 3.48. The van der Waals surface area contributed by atoms with Crippen LogP contribution in [0, 0.1) is 11.8 Å². The molecule has 2 aliphatic heterocycles. The molecule has 2 N–H and O–H groups in total. The molecule has 3 unspecified atom stereocenters. The Labute approximate surface area is 105 Å². The Balaban J connectivity index is 1.96. The first-order valence-electron chi connectivity index (χ1n) is 7.18. The molecule has 2 rings (SSSR count). The van der Waals surface area contributed by atoms with E-state index in [0.29, 0.717) is 17.9 Å². The van der Waals surface area contributed by atoms with Gasteiger partial charge in [0.1, 0.15) is 0 Å². The third-order valence-corrected chi connectivity index (χ3v) is 4.74. The van der Waals surface area contributed by atoms with Gasteiger partial charge in [-0.05, 0) is 24.7 Å². The van der Waals surface area contributed by atoms with E-state index in [-0.39, 0.29) is 5.60 Å². The van der Waals surface area contributed by atoms with E-state index in [9.17, 15) is 0 Å². The molecule has 0 aromatic carbocycles. The summed E-state index contributed by atoms with van der Waals surface area (Å²) in [6.07, 6.45) is 5.67. The first-order chi connectivity index (χ1) is 8.21. The minimum absolute atomic E-state index is 0.00652. The molecule has 3 atom stereocenters. The standard InChI is InChI=1S/C14H27NO2/c1-3-11(4-2)13(15)12-5-7-17-14(9-12)6-8-16-10-14/h11-13H,3-10,15H2,1-2H3. The number of rotatable bonds is 4. The van der Waals surface area contributed by atoms with E-state index in [1.54, 1.807) is 0 Å². The van der Waals surface area contributed by atoms with Crippen molar-refractivity contribution < 1.29 is 9.47 Å². The summed E-state index contributed by atoms with van der Waals surface area (Å²) in [5, 5.41) is 0. The highest BCUT2D eigenvalue weighted by Crippen LogP contribution is 2.38. The SMILES string of the molecule is CCC(CC)C(N)C1CCOC2(CCOC2)C1. The van der Waals surface area contributed by atoms with Gasteiger partial charge in [-0.2, -0.15) is 0 Å². The molecule has 2 heterocycles. The van der Waals surface area contributed by atoms with Gasteiger partial charge in [0.25, 0.3) is 0 Å². The average Bonchev–Trinajstić information content (AvgIpc) is 2.78. The molecule has 0 bridgehead atoms. The Kier molecular flexibility index (Phi) is 4.45. The molecule has 3 heteroatoms. The van der Waals surface area contributed by atoms with Crippen LogP contribution in [0.5, 0.6) is 0 Å². The molecular formula is C14H27NO2. The molecule has 0 aromatic heterocycles. The van der Waals surface area contributed by atoms with Gasteiger partial charge in [0.05, 0.1) is 12.2 Å². The molecule has 0 saturated carbocycles. The summed E-state index contributed by atoms with van der Waals surface area (Å²) in [6.45, 7) is 7.00. The normalized spacial score (nSPS) is 35.6. The Hall–Kier alpha value is -0.120. The fourth-order valence-electron chi connectivity index (χ4n) is 3.48. The van der Waals surface area contributed by atoms with Crippen molar-refractivity contribution in [1.29, 1.82) is 0 Å². The quantitative estimate of drug-likeness (QED) is 0.821. The van der Waals surface area contributed by atoms with Crippen LogP contribution in [0.4, 0.5) is 0 Å². The molecule has 1 spiro atoms. The first-order valence-corrected chi connectivity index (χ1v) is 7.18. The Bertz CT molecular complexity index is 234. The summed E-state index contributed by atoms with van der Waals surface area (Å²) < 4.78 is 11.5. The lowest BCUT2D eigenvalue weighted by atomic mass is 9.76. The second-order valence-corrected chi connectivity index (χ2v) is 5.74. The van der Waals surface area contributed by atoms with Crippen LogP contribution in [-0.4, -0.2) is 31.5 Å². The molecule has 0 aliphatic carbocycles.